The van der Waals surface area contributed by atoms with Gasteiger partial charge in [0, 0.05) is 24.0 Å². The molecule has 0 unspecified atom stereocenters. The molecule has 1 heterocycles. The van der Waals surface area contributed by atoms with Crippen LogP contribution >= 0.6 is 11.6 Å². The Hall–Kier alpha value is -3.69. The lowest BCUT2D eigenvalue weighted by atomic mass is 10.1. The lowest BCUT2D eigenvalue weighted by Crippen LogP contribution is -2.15. The average molecular weight is 528 g/mol. The number of amides is 1. The first-order valence-corrected chi connectivity index (χ1v) is 13.1. The number of carbonyl (C=O) groups excluding carboxylic acids is 1. The van der Waals surface area contributed by atoms with Gasteiger partial charge >= 0.3 is 0 Å². The minimum absolute atomic E-state index is 0.00938. The van der Waals surface area contributed by atoms with Gasteiger partial charge in [-0.15, -0.1) is 0 Å². The average Bonchev–Trinajstić information content (AvgIpc) is 3.28. The summed E-state index contributed by atoms with van der Waals surface area (Å²) in [5.41, 5.74) is 2.56. The number of nitrogens with zero attached hydrogens (tertiary/aromatic N) is 2. The van der Waals surface area contributed by atoms with Gasteiger partial charge in [-0.3, -0.25) is 4.79 Å². The summed E-state index contributed by atoms with van der Waals surface area (Å²) in [5.74, 6) is -0.159. The zero-order valence-corrected chi connectivity index (χ0v) is 21.1. The molecule has 1 amide bonds. The van der Waals surface area contributed by atoms with Gasteiger partial charge in [0.2, 0.25) is 5.91 Å². The summed E-state index contributed by atoms with van der Waals surface area (Å²) in [5, 5.41) is 7.16. The highest BCUT2D eigenvalue weighted by Gasteiger charge is 2.14. The monoisotopic (exact) mass is 527 g/mol. The van der Waals surface area contributed by atoms with Crippen LogP contribution < -0.4 is 10.1 Å². The Morgan fingerprint density at radius 1 is 1.08 bits per heavy atom. The topological polar surface area (TPSA) is 90.3 Å². The van der Waals surface area contributed by atoms with Gasteiger partial charge in [0.1, 0.15) is 17.3 Å². The predicted molar refractivity (Wildman–Crippen MR) is 136 cm³/mol. The maximum Gasteiger partial charge on any atom is 0.228 e. The van der Waals surface area contributed by atoms with Crippen molar-refractivity contribution in [2.24, 2.45) is 0 Å². The van der Waals surface area contributed by atoms with E-state index in [1.165, 1.54) is 30.3 Å². The lowest BCUT2D eigenvalue weighted by Gasteiger charge is -2.14. The standard InChI is InChI=1S/C26H23ClFN3O4S/c1-3-36(33,34)21-8-4-18(5-9-21)14-26(32)29-19-6-11-24(31-13-12-17(2)30-31)25(15-19)35-20-7-10-23(28)22(27)16-20/h4-13,15-16H,3,14H2,1-2H3,(H,29,32). The number of carbonyl (C=O) groups is 1. The number of ether oxygens (including phenoxy) is 1. The van der Waals surface area contributed by atoms with Crippen LogP contribution in [0.25, 0.3) is 5.69 Å². The molecule has 1 N–H and O–H groups in total. The van der Waals surface area contributed by atoms with Crippen molar-refractivity contribution in [3.05, 3.63) is 95.0 Å². The first-order chi connectivity index (χ1) is 17.1. The highest BCUT2D eigenvalue weighted by atomic mass is 35.5. The molecule has 0 fully saturated rings. The molecule has 0 saturated heterocycles. The van der Waals surface area contributed by atoms with Gasteiger partial charge in [-0.1, -0.05) is 30.7 Å². The molecule has 3 aromatic carbocycles. The molecule has 7 nitrogen and oxygen atoms in total. The first kappa shape index (κ1) is 25.4. The van der Waals surface area contributed by atoms with Crippen LogP contribution in [-0.2, 0) is 21.1 Å². The molecule has 0 aliphatic carbocycles. The fourth-order valence-electron chi connectivity index (χ4n) is 3.45. The number of halogens is 2. The van der Waals surface area contributed by atoms with Gasteiger partial charge in [-0.05, 0) is 55.0 Å². The van der Waals surface area contributed by atoms with Gasteiger partial charge in [-0.25, -0.2) is 17.5 Å². The smallest absolute Gasteiger partial charge is 0.228 e. The maximum atomic E-state index is 13.6. The van der Waals surface area contributed by atoms with Crippen LogP contribution in [0.2, 0.25) is 5.02 Å². The lowest BCUT2D eigenvalue weighted by molar-refractivity contribution is -0.115. The maximum absolute atomic E-state index is 13.6. The van der Waals surface area contributed by atoms with Gasteiger partial charge < -0.3 is 10.1 Å². The molecule has 0 saturated carbocycles. The van der Waals surface area contributed by atoms with Crippen molar-refractivity contribution < 1.29 is 22.3 Å². The molecular formula is C26H23ClFN3O4S. The number of sulfone groups is 1. The summed E-state index contributed by atoms with van der Waals surface area (Å²) < 4.78 is 45.2. The van der Waals surface area contributed by atoms with E-state index in [9.17, 15) is 17.6 Å². The summed E-state index contributed by atoms with van der Waals surface area (Å²) >= 11 is 5.90. The SMILES string of the molecule is CCS(=O)(=O)c1ccc(CC(=O)Nc2ccc(-n3ccc(C)n3)c(Oc3ccc(F)c(Cl)c3)c2)cc1. The van der Waals surface area contributed by atoms with Crippen LogP contribution in [0.4, 0.5) is 10.1 Å². The third-order valence-corrected chi connectivity index (χ3v) is 7.40. The molecule has 10 heteroatoms. The number of aryl methyl sites for hydroxylation is 1. The van der Waals surface area contributed by atoms with Crippen LogP contribution in [-0.4, -0.2) is 29.9 Å². The second-order valence-electron chi connectivity index (χ2n) is 8.03. The Morgan fingerprint density at radius 3 is 2.47 bits per heavy atom. The van der Waals surface area contributed by atoms with Crippen LogP contribution in [0.3, 0.4) is 0 Å². The van der Waals surface area contributed by atoms with Crippen LogP contribution in [0, 0.1) is 12.7 Å². The highest BCUT2D eigenvalue weighted by molar-refractivity contribution is 7.91. The minimum atomic E-state index is -3.30. The van der Waals surface area contributed by atoms with Crippen molar-refractivity contribution in [3.8, 4) is 17.2 Å². The van der Waals surface area contributed by atoms with Gasteiger partial charge in [0.15, 0.2) is 15.6 Å². The Morgan fingerprint density at radius 2 is 1.83 bits per heavy atom. The van der Waals surface area contributed by atoms with E-state index >= 15 is 0 Å². The zero-order chi connectivity index (χ0) is 25.9. The Kier molecular flexibility index (Phi) is 7.42. The molecule has 0 aliphatic heterocycles. The molecule has 0 aliphatic rings. The molecular weight excluding hydrogens is 505 g/mol. The summed E-state index contributed by atoms with van der Waals surface area (Å²) in [4.78, 5) is 12.9. The van der Waals surface area contributed by atoms with Gasteiger partial charge in [0.05, 0.1) is 27.8 Å². The molecule has 36 heavy (non-hydrogen) atoms. The number of aromatic nitrogens is 2. The van der Waals surface area contributed by atoms with E-state index in [-0.39, 0.29) is 28.0 Å². The van der Waals surface area contributed by atoms with Crippen molar-refractivity contribution in [1.82, 2.24) is 9.78 Å². The van der Waals surface area contributed by atoms with Crippen molar-refractivity contribution in [2.75, 3.05) is 11.1 Å². The van der Waals surface area contributed by atoms with Crippen molar-refractivity contribution in [3.63, 3.8) is 0 Å². The second kappa shape index (κ2) is 10.5. The Bertz CT molecular complexity index is 1520. The van der Waals surface area contributed by atoms with E-state index in [1.807, 2.05) is 13.0 Å². The normalized spacial score (nSPS) is 11.3. The number of hydrogen-bond acceptors (Lipinski definition) is 5. The third-order valence-electron chi connectivity index (χ3n) is 5.36. The van der Waals surface area contributed by atoms with Crippen molar-refractivity contribution >= 4 is 33.0 Å². The summed E-state index contributed by atoms with van der Waals surface area (Å²) in [7, 11) is -3.30. The number of anilines is 1. The Labute approximate surface area is 213 Å². The fraction of sp³-hybridized carbons (Fsp3) is 0.154. The number of benzene rings is 3. The van der Waals surface area contributed by atoms with E-state index in [1.54, 1.807) is 48.1 Å². The van der Waals surface area contributed by atoms with E-state index in [2.05, 4.69) is 10.4 Å². The number of hydrogen-bond donors (Lipinski definition) is 1. The predicted octanol–water partition coefficient (Wildman–Crippen LogP) is 5.74. The highest BCUT2D eigenvalue weighted by Crippen LogP contribution is 2.33. The second-order valence-corrected chi connectivity index (χ2v) is 10.7. The van der Waals surface area contributed by atoms with Crippen LogP contribution in [0.1, 0.15) is 18.2 Å². The van der Waals surface area contributed by atoms with Crippen LogP contribution in [0.15, 0.2) is 77.8 Å². The fourth-order valence-corrected chi connectivity index (χ4v) is 4.51. The molecule has 0 radical (unpaired) electrons. The summed E-state index contributed by atoms with van der Waals surface area (Å²) in [6, 6.07) is 17.2. The summed E-state index contributed by atoms with van der Waals surface area (Å²) in [6.45, 7) is 3.44. The molecule has 1 aromatic heterocycles. The van der Waals surface area contributed by atoms with Crippen molar-refractivity contribution in [1.29, 1.82) is 0 Å². The van der Waals surface area contributed by atoms with E-state index in [4.69, 9.17) is 16.3 Å². The quantitative estimate of drug-likeness (QED) is 0.315. The Balaban J connectivity index is 1.56. The van der Waals surface area contributed by atoms with Crippen molar-refractivity contribution in [2.45, 2.75) is 25.2 Å². The number of rotatable bonds is 8. The van der Waals surface area contributed by atoms with Gasteiger partial charge in [0.25, 0.3) is 0 Å². The molecule has 0 atom stereocenters. The number of nitrogens with one attached hydrogen (secondary N) is 1. The molecule has 4 aromatic rings. The molecule has 186 valence electrons. The largest absolute Gasteiger partial charge is 0.455 e. The molecule has 4 rings (SSSR count). The summed E-state index contributed by atoms with van der Waals surface area (Å²) in [6.07, 6.45) is 1.83. The van der Waals surface area contributed by atoms with E-state index in [0.29, 0.717) is 28.4 Å². The minimum Gasteiger partial charge on any atom is -0.455 e. The first-order valence-electron chi connectivity index (χ1n) is 11.1. The third kappa shape index (κ3) is 5.92. The molecule has 0 spiro atoms. The van der Waals surface area contributed by atoms with E-state index in [0.717, 1.165) is 5.69 Å². The van der Waals surface area contributed by atoms with Gasteiger partial charge in [-0.2, -0.15) is 5.10 Å². The zero-order valence-electron chi connectivity index (χ0n) is 19.5. The van der Waals surface area contributed by atoms with E-state index < -0.39 is 15.7 Å². The van der Waals surface area contributed by atoms with Crippen LogP contribution in [0.5, 0.6) is 11.5 Å². The molecule has 0 bridgehead atoms.